The minimum Gasteiger partial charge on any atom is -0.463 e. The van der Waals surface area contributed by atoms with Gasteiger partial charge in [0.25, 0.3) is 0 Å². The van der Waals surface area contributed by atoms with Crippen LogP contribution in [0.25, 0.3) is 0 Å². The van der Waals surface area contributed by atoms with E-state index in [0.29, 0.717) is 6.29 Å². The number of aldehydes is 1. The van der Waals surface area contributed by atoms with E-state index in [1.54, 1.807) is 13.8 Å². The number of carbonyl (C=O) groups excluding carboxylic acids is 2. The van der Waals surface area contributed by atoms with Gasteiger partial charge in [0.1, 0.15) is 6.29 Å². The average Bonchev–Trinajstić information content (AvgIpc) is 1.82. The first kappa shape index (κ1) is 9.14. The van der Waals surface area contributed by atoms with Gasteiger partial charge in [-0.05, 0) is 13.8 Å². The van der Waals surface area contributed by atoms with Crippen LogP contribution >= 0.6 is 0 Å². The Kier molecular flexibility index (Phi) is 4.54. The van der Waals surface area contributed by atoms with Crippen LogP contribution in [0.4, 0.5) is 0 Å². The van der Waals surface area contributed by atoms with Gasteiger partial charge in [-0.15, -0.1) is 0 Å². The lowest BCUT2D eigenvalue weighted by Gasteiger charge is -2.05. The number of hydrogen-bond donors (Lipinski definition) is 0. The quantitative estimate of drug-likeness (QED) is 0.435. The summed E-state index contributed by atoms with van der Waals surface area (Å²) in [5.74, 6) is -0.304. The van der Waals surface area contributed by atoms with Crippen molar-refractivity contribution < 1.29 is 14.3 Å². The summed E-state index contributed by atoms with van der Waals surface area (Å²) in [5, 5.41) is 0. The molecule has 0 aliphatic carbocycles. The summed E-state index contributed by atoms with van der Waals surface area (Å²) in [6.07, 6.45) is 1.08. The van der Waals surface area contributed by atoms with Gasteiger partial charge in [0, 0.05) is 6.42 Å². The molecule has 0 saturated heterocycles. The smallest absolute Gasteiger partial charge is 0.306 e. The number of carbonyl (C=O) groups is 2. The van der Waals surface area contributed by atoms with Crippen LogP contribution in [-0.2, 0) is 14.3 Å². The minimum atomic E-state index is -0.304. The fourth-order valence-electron chi connectivity index (χ4n) is 0.499. The Hall–Kier alpha value is -0.860. The fraction of sp³-hybridized carbons (Fsp3) is 0.714. The van der Waals surface area contributed by atoms with Crippen LogP contribution in [0.15, 0.2) is 0 Å². The molecule has 3 heteroatoms. The lowest BCUT2D eigenvalue weighted by molar-refractivity contribution is -0.147. The van der Waals surface area contributed by atoms with Crippen molar-refractivity contribution in [1.82, 2.24) is 0 Å². The highest BCUT2D eigenvalue weighted by Crippen LogP contribution is 1.94. The van der Waals surface area contributed by atoms with Crippen LogP contribution in [0, 0.1) is 0 Å². The number of rotatable bonds is 4. The highest BCUT2D eigenvalue weighted by molar-refractivity contribution is 5.72. The van der Waals surface area contributed by atoms with Crippen LogP contribution < -0.4 is 0 Å². The Morgan fingerprint density at radius 2 is 2.20 bits per heavy atom. The molecule has 0 aliphatic heterocycles. The molecule has 0 unspecified atom stereocenters. The molecule has 0 aromatic rings. The lowest BCUT2D eigenvalue weighted by atomic mass is 10.3. The van der Waals surface area contributed by atoms with Crippen LogP contribution in [-0.4, -0.2) is 18.4 Å². The summed E-state index contributed by atoms with van der Waals surface area (Å²) in [6, 6.07) is 0. The molecule has 0 aromatic carbocycles. The maximum Gasteiger partial charge on any atom is 0.306 e. The monoisotopic (exact) mass is 144 g/mol. The zero-order valence-electron chi connectivity index (χ0n) is 6.29. The van der Waals surface area contributed by atoms with E-state index in [-0.39, 0.29) is 24.9 Å². The minimum absolute atomic E-state index is 0.0841. The number of hydrogen-bond acceptors (Lipinski definition) is 3. The molecule has 0 atom stereocenters. The molecule has 58 valence electrons. The second-order valence-corrected chi connectivity index (χ2v) is 2.24. The number of esters is 1. The van der Waals surface area contributed by atoms with Crippen molar-refractivity contribution >= 4 is 12.3 Å². The highest BCUT2D eigenvalue weighted by atomic mass is 16.5. The van der Waals surface area contributed by atoms with Crippen molar-refractivity contribution in [1.29, 1.82) is 0 Å². The molecule has 0 spiro atoms. The molecule has 3 nitrogen and oxygen atoms in total. The Labute approximate surface area is 60.4 Å². The fourth-order valence-corrected chi connectivity index (χ4v) is 0.499. The first-order chi connectivity index (χ1) is 4.66. The first-order valence-corrected chi connectivity index (χ1v) is 3.30. The third kappa shape index (κ3) is 5.28. The summed E-state index contributed by atoms with van der Waals surface area (Å²) in [6.45, 7) is 3.55. The van der Waals surface area contributed by atoms with Gasteiger partial charge >= 0.3 is 5.97 Å². The summed E-state index contributed by atoms with van der Waals surface area (Å²) in [4.78, 5) is 20.4. The molecule has 0 aliphatic rings. The van der Waals surface area contributed by atoms with E-state index in [9.17, 15) is 9.59 Å². The summed E-state index contributed by atoms with van der Waals surface area (Å²) < 4.78 is 4.75. The van der Waals surface area contributed by atoms with Gasteiger partial charge in [0.15, 0.2) is 0 Å². The van der Waals surface area contributed by atoms with Crippen molar-refractivity contribution in [2.45, 2.75) is 32.8 Å². The van der Waals surface area contributed by atoms with Crippen molar-refractivity contribution in [3.63, 3.8) is 0 Å². The zero-order valence-corrected chi connectivity index (χ0v) is 6.29. The van der Waals surface area contributed by atoms with Gasteiger partial charge in [-0.1, -0.05) is 0 Å². The van der Waals surface area contributed by atoms with E-state index >= 15 is 0 Å². The molecule has 0 amide bonds. The second kappa shape index (κ2) is 4.97. The van der Waals surface area contributed by atoms with Crippen LogP contribution in [0.3, 0.4) is 0 Å². The van der Waals surface area contributed by atoms with E-state index in [4.69, 9.17) is 4.74 Å². The topological polar surface area (TPSA) is 43.4 Å². The maximum absolute atomic E-state index is 10.6. The lowest BCUT2D eigenvalue weighted by Crippen LogP contribution is -2.10. The largest absolute Gasteiger partial charge is 0.463 e. The predicted octanol–water partition coefficient (Wildman–Crippen LogP) is 0.917. The van der Waals surface area contributed by atoms with Gasteiger partial charge in [0.2, 0.25) is 0 Å². The van der Waals surface area contributed by atoms with Gasteiger partial charge in [-0.3, -0.25) is 4.79 Å². The molecule has 0 aromatic heterocycles. The first-order valence-electron chi connectivity index (χ1n) is 3.30. The van der Waals surface area contributed by atoms with Gasteiger partial charge in [-0.25, -0.2) is 0 Å². The SMILES string of the molecule is CC(C)OC(=O)CCC=O. The van der Waals surface area contributed by atoms with Crippen molar-refractivity contribution in [2.24, 2.45) is 0 Å². The third-order valence-electron chi connectivity index (χ3n) is 0.833. The number of ether oxygens (including phenoxy) is 1. The molecule has 0 fully saturated rings. The van der Waals surface area contributed by atoms with Gasteiger partial charge in [0.05, 0.1) is 12.5 Å². The van der Waals surface area contributed by atoms with Crippen molar-refractivity contribution in [2.75, 3.05) is 0 Å². The summed E-state index contributed by atoms with van der Waals surface area (Å²) in [7, 11) is 0. The maximum atomic E-state index is 10.6. The second-order valence-electron chi connectivity index (χ2n) is 2.24. The molecule has 0 bridgehead atoms. The standard InChI is InChI=1S/C7H12O3/c1-6(2)10-7(9)4-3-5-8/h5-6H,3-4H2,1-2H3. The van der Waals surface area contributed by atoms with E-state index in [2.05, 4.69) is 0 Å². The van der Waals surface area contributed by atoms with Crippen molar-refractivity contribution in [3.8, 4) is 0 Å². The third-order valence-corrected chi connectivity index (χ3v) is 0.833. The molecular weight excluding hydrogens is 132 g/mol. The summed E-state index contributed by atoms with van der Waals surface area (Å²) >= 11 is 0. The van der Waals surface area contributed by atoms with E-state index < -0.39 is 0 Å². The molecule has 0 radical (unpaired) electrons. The van der Waals surface area contributed by atoms with E-state index in [1.165, 1.54) is 0 Å². The van der Waals surface area contributed by atoms with Crippen LogP contribution in [0.5, 0.6) is 0 Å². The Balaban J connectivity index is 3.34. The molecule has 0 rings (SSSR count). The normalized spacial score (nSPS) is 9.50. The zero-order chi connectivity index (χ0) is 7.98. The van der Waals surface area contributed by atoms with Crippen molar-refractivity contribution in [3.05, 3.63) is 0 Å². The molecule has 10 heavy (non-hydrogen) atoms. The Morgan fingerprint density at radius 3 is 2.60 bits per heavy atom. The predicted molar refractivity (Wildman–Crippen MR) is 36.5 cm³/mol. The van der Waals surface area contributed by atoms with E-state index in [1.807, 2.05) is 0 Å². The highest BCUT2D eigenvalue weighted by Gasteiger charge is 2.03. The molecule has 0 N–H and O–H groups in total. The van der Waals surface area contributed by atoms with E-state index in [0.717, 1.165) is 0 Å². The van der Waals surface area contributed by atoms with Gasteiger partial charge in [-0.2, -0.15) is 0 Å². The molecule has 0 saturated carbocycles. The molecule has 0 heterocycles. The van der Waals surface area contributed by atoms with Crippen LogP contribution in [0.2, 0.25) is 0 Å². The Morgan fingerprint density at radius 1 is 1.60 bits per heavy atom. The van der Waals surface area contributed by atoms with Crippen LogP contribution in [0.1, 0.15) is 26.7 Å². The average molecular weight is 144 g/mol. The summed E-state index contributed by atoms with van der Waals surface area (Å²) in [5.41, 5.74) is 0. The van der Waals surface area contributed by atoms with Gasteiger partial charge < -0.3 is 9.53 Å². The Bertz CT molecular complexity index is 118. The molecular formula is C7H12O3.